The largest absolute Gasteiger partial charge is 0.368 e. The number of rotatable bonds is 16. The molecule has 4 rings (SSSR count). The summed E-state index contributed by atoms with van der Waals surface area (Å²) in [4.78, 5) is 70.5. The monoisotopic (exact) mass is 664 g/mol. The lowest BCUT2D eigenvalue weighted by Gasteiger charge is -2.32. The van der Waals surface area contributed by atoms with Gasteiger partial charge in [-0.1, -0.05) is 74.5 Å². The molecule has 0 saturated carbocycles. The lowest BCUT2D eigenvalue weighted by Crippen LogP contribution is -2.57. The topological polar surface area (TPSA) is 168 Å². The van der Waals surface area contributed by atoms with Crippen LogP contribution in [0.5, 0.6) is 0 Å². The summed E-state index contributed by atoms with van der Waals surface area (Å²) < 4.78 is 0. The molecule has 2 aliphatic rings. The normalized spacial score (nSPS) is 20.0. The average Bonchev–Trinajstić information content (AvgIpc) is 3.61. The molecule has 2 saturated heterocycles. The van der Waals surface area contributed by atoms with Crippen LogP contribution in [0.15, 0.2) is 60.7 Å². The SMILES string of the molecule is CSCC[C@H](NC(=O)[C@H](CC(C)C)N1C[C@H]2CCN(C(=O)[C@H](Cc3ccccc3)NC(=O)[C@@H](N)Cc3ccccc3)[C@H]2C1=O)C(N)=O. The van der Waals surface area contributed by atoms with E-state index in [0.29, 0.717) is 44.5 Å². The van der Waals surface area contributed by atoms with Crippen molar-refractivity contribution >= 4 is 41.3 Å². The predicted octanol–water partition coefficient (Wildman–Crippen LogP) is 1.48. The second-order valence-electron chi connectivity index (χ2n) is 13.0. The van der Waals surface area contributed by atoms with Crippen molar-refractivity contribution < 1.29 is 24.0 Å². The Labute approximate surface area is 281 Å². The maximum atomic E-state index is 14.2. The lowest BCUT2D eigenvalue weighted by molar-refractivity contribution is -0.146. The molecular formula is C35H48N6O5S. The molecule has 2 heterocycles. The van der Waals surface area contributed by atoms with E-state index in [1.165, 1.54) is 0 Å². The fourth-order valence-corrected chi connectivity index (χ4v) is 7.00. The Morgan fingerprint density at radius 3 is 2.09 bits per heavy atom. The number of likely N-dealkylation sites (tertiary alicyclic amines) is 2. The fourth-order valence-electron chi connectivity index (χ4n) is 6.52. The Balaban J connectivity index is 1.52. The first-order valence-corrected chi connectivity index (χ1v) is 17.7. The van der Waals surface area contributed by atoms with Crippen molar-refractivity contribution in [2.45, 2.75) is 76.2 Å². The van der Waals surface area contributed by atoms with E-state index in [-0.39, 0.29) is 30.1 Å². The van der Waals surface area contributed by atoms with Crippen LogP contribution in [-0.2, 0) is 36.8 Å². The number of carbonyl (C=O) groups excluding carboxylic acids is 5. The van der Waals surface area contributed by atoms with Gasteiger partial charge in [-0.3, -0.25) is 24.0 Å². The van der Waals surface area contributed by atoms with Crippen LogP contribution in [-0.4, -0.2) is 94.6 Å². The van der Waals surface area contributed by atoms with Crippen LogP contribution in [0.3, 0.4) is 0 Å². The highest BCUT2D eigenvalue weighted by Gasteiger charge is 2.53. The Morgan fingerprint density at radius 2 is 1.51 bits per heavy atom. The number of thioether (sulfide) groups is 1. The first-order valence-electron chi connectivity index (χ1n) is 16.3. The van der Waals surface area contributed by atoms with Crippen LogP contribution < -0.4 is 22.1 Å². The molecular weight excluding hydrogens is 616 g/mol. The van der Waals surface area contributed by atoms with Crippen molar-refractivity contribution in [1.29, 1.82) is 0 Å². The van der Waals surface area contributed by atoms with Gasteiger partial charge in [0.05, 0.1) is 6.04 Å². The van der Waals surface area contributed by atoms with Crippen molar-refractivity contribution in [3.63, 3.8) is 0 Å². The number of nitrogens with two attached hydrogens (primary N) is 2. The molecule has 0 radical (unpaired) electrons. The van der Waals surface area contributed by atoms with Crippen LogP contribution in [0, 0.1) is 11.8 Å². The standard InChI is InChI=1S/C35H48N6O5S/c1-22(2)18-29(33(44)38-27(31(37)42)15-17-47-3)41-21-25-14-16-40(30(25)35(41)46)34(45)28(20-24-12-8-5-9-13-24)39-32(43)26(36)19-23-10-6-4-7-11-23/h4-13,22,25-30H,14-21,36H2,1-3H3,(H2,37,42)(H,38,44)(H,39,43)/t25-,26+,27+,28+,29+,30-/m1/s1. The van der Waals surface area contributed by atoms with Crippen molar-refractivity contribution in [2.24, 2.45) is 23.3 Å². The highest BCUT2D eigenvalue weighted by molar-refractivity contribution is 7.98. The molecule has 0 bridgehead atoms. The fraction of sp³-hybridized carbons (Fsp3) is 0.514. The van der Waals surface area contributed by atoms with Gasteiger partial charge < -0.3 is 31.9 Å². The summed E-state index contributed by atoms with van der Waals surface area (Å²) in [5.74, 6) is -1.57. The number of hydrogen-bond donors (Lipinski definition) is 4. The molecule has 6 N–H and O–H groups in total. The van der Waals surface area contributed by atoms with Gasteiger partial charge in [0.1, 0.15) is 24.2 Å². The van der Waals surface area contributed by atoms with Crippen LogP contribution >= 0.6 is 11.8 Å². The van der Waals surface area contributed by atoms with Gasteiger partial charge in [0.25, 0.3) is 0 Å². The molecule has 11 nitrogen and oxygen atoms in total. The van der Waals surface area contributed by atoms with Gasteiger partial charge in [-0.25, -0.2) is 0 Å². The molecule has 2 aromatic rings. The molecule has 0 spiro atoms. The Bertz CT molecular complexity index is 1390. The highest BCUT2D eigenvalue weighted by atomic mass is 32.2. The molecule has 0 aromatic heterocycles. The maximum absolute atomic E-state index is 14.2. The van der Waals surface area contributed by atoms with Gasteiger partial charge in [-0.05, 0) is 54.7 Å². The molecule has 0 unspecified atom stereocenters. The molecule has 2 aromatic carbocycles. The number of benzene rings is 2. The summed E-state index contributed by atoms with van der Waals surface area (Å²) in [7, 11) is 0. The molecule has 47 heavy (non-hydrogen) atoms. The zero-order valence-corrected chi connectivity index (χ0v) is 28.3. The number of amides is 5. The summed E-state index contributed by atoms with van der Waals surface area (Å²) >= 11 is 1.55. The van der Waals surface area contributed by atoms with Gasteiger partial charge in [-0.15, -0.1) is 0 Å². The third kappa shape index (κ3) is 9.35. The molecule has 2 fully saturated rings. The average molecular weight is 665 g/mol. The van der Waals surface area contributed by atoms with Crippen LogP contribution in [0.1, 0.15) is 44.2 Å². The molecule has 6 atom stereocenters. The van der Waals surface area contributed by atoms with Gasteiger partial charge in [0.2, 0.25) is 29.5 Å². The molecule has 0 aliphatic carbocycles. The first-order chi connectivity index (χ1) is 22.5. The van der Waals surface area contributed by atoms with Crippen molar-refractivity contribution in [3.8, 4) is 0 Å². The van der Waals surface area contributed by atoms with E-state index in [9.17, 15) is 24.0 Å². The number of nitrogens with zero attached hydrogens (tertiary/aromatic N) is 2. The first kappa shape index (κ1) is 35.9. The minimum absolute atomic E-state index is 0.0838. The minimum Gasteiger partial charge on any atom is -0.368 e. The molecule has 5 amide bonds. The Hall–Kier alpha value is -3.90. The molecule has 12 heteroatoms. The molecule has 2 aliphatic heterocycles. The Kier molecular flexibility index (Phi) is 12.8. The third-order valence-corrected chi connectivity index (χ3v) is 9.59. The smallest absolute Gasteiger partial charge is 0.246 e. The van der Waals surface area contributed by atoms with Crippen LogP contribution in [0.4, 0.5) is 0 Å². The van der Waals surface area contributed by atoms with Gasteiger partial charge >= 0.3 is 0 Å². The number of nitrogens with one attached hydrogen (secondary N) is 2. The Morgan fingerprint density at radius 1 is 0.915 bits per heavy atom. The minimum atomic E-state index is -0.935. The summed E-state index contributed by atoms with van der Waals surface area (Å²) in [5.41, 5.74) is 13.6. The summed E-state index contributed by atoms with van der Waals surface area (Å²) in [5, 5.41) is 5.68. The van der Waals surface area contributed by atoms with E-state index in [4.69, 9.17) is 11.5 Å². The summed E-state index contributed by atoms with van der Waals surface area (Å²) in [6.45, 7) is 4.62. The molecule has 254 valence electrons. The van der Waals surface area contributed by atoms with E-state index < -0.39 is 47.9 Å². The summed E-state index contributed by atoms with van der Waals surface area (Å²) in [6.07, 6.45) is 3.83. The van der Waals surface area contributed by atoms with E-state index in [2.05, 4.69) is 10.6 Å². The van der Waals surface area contributed by atoms with E-state index in [1.807, 2.05) is 80.8 Å². The number of primary amides is 1. The summed E-state index contributed by atoms with van der Waals surface area (Å²) in [6, 6.07) is 14.6. The number of fused-ring (bicyclic) bond motifs is 1. The van der Waals surface area contributed by atoms with Gasteiger partial charge in [0, 0.05) is 25.4 Å². The maximum Gasteiger partial charge on any atom is 0.246 e. The number of carbonyl (C=O) groups is 5. The number of hydrogen-bond acceptors (Lipinski definition) is 7. The quantitative estimate of drug-likeness (QED) is 0.211. The van der Waals surface area contributed by atoms with Crippen LogP contribution in [0.25, 0.3) is 0 Å². The zero-order valence-electron chi connectivity index (χ0n) is 27.5. The predicted molar refractivity (Wildman–Crippen MR) is 183 cm³/mol. The second-order valence-corrected chi connectivity index (χ2v) is 13.9. The van der Waals surface area contributed by atoms with Crippen molar-refractivity contribution in [2.75, 3.05) is 25.1 Å². The van der Waals surface area contributed by atoms with Gasteiger partial charge in [-0.2, -0.15) is 11.8 Å². The van der Waals surface area contributed by atoms with Crippen molar-refractivity contribution in [1.82, 2.24) is 20.4 Å². The van der Waals surface area contributed by atoms with Crippen LogP contribution in [0.2, 0.25) is 0 Å². The van der Waals surface area contributed by atoms with Crippen molar-refractivity contribution in [3.05, 3.63) is 71.8 Å². The van der Waals surface area contributed by atoms with E-state index in [1.54, 1.807) is 21.6 Å². The lowest BCUT2D eigenvalue weighted by atomic mass is 10.0. The van der Waals surface area contributed by atoms with Gasteiger partial charge in [0.15, 0.2) is 0 Å². The second kappa shape index (κ2) is 16.8. The third-order valence-electron chi connectivity index (χ3n) is 8.95. The van der Waals surface area contributed by atoms with E-state index >= 15 is 0 Å². The van der Waals surface area contributed by atoms with E-state index in [0.717, 1.165) is 11.1 Å². The highest BCUT2D eigenvalue weighted by Crippen LogP contribution is 2.35. The zero-order chi connectivity index (χ0) is 34.1.